The van der Waals surface area contributed by atoms with E-state index < -0.39 is 11.7 Å². The molecule has 1 atom stereocenters. The second kappa shape index (κ2) is 7.47. The Labute approximate surface area is 149 Å². The summed E-state index contributed by atoms with van der Waals surface area (Å²) in [6.07, 6.45) is -1.68. The Balaban J connectivity index is 1.63. The Morgan fingerprint density at radius 2 is 2.08 bits per heavy atom. The maximum absolute atomic E-state index is 13.1. The van der Waals surface area contributed by atoms with Crippen molar-refractivity contribution in [3.63, 3.8) is 0 Å². The van der Waals surface area contributed by atoms with Crippen molar-refractivity contribution >= 4 is 5.91 Å². The highest BCUT2D eigenvalue weighted by molar-refractivity contribution is 5.93. The second-order valence-corrected chi connectivity index (χ2v) is 6.65. The first-order valence-corrected chi connectivity index (χ1v) is 8.60. The summed E-state index contributed by atoms with van der Waals surface area (Å²) in [5, 5.41) is 7.27. The van der Waals surface area contributed by atoms with Crippen LogP contribution in [0.4, 0.5) is 13.2 Å². The molecule has 26 heavy (non-hydrogen) atoms. The van der Waals surface area contributed by atoms with Crippen LogP contribution in [-0.4, -0.2) is 34.2 Å². The molecule has 0 saturated carbocycles. The largest absolute Gasteiger partial charge is 0.416 e. The van der Waals surface area contributed by atoms with Crippen LogP contribution < -0.4 is 0 Å². The Kier molecular flexibility index (Phi) is 5.29. The van der Waals surface area contributed by atoms with Gasteiger partial charge in [0.2, 0.25) is 0 Å². The number of piperidine rings is 1. The average Bonchev–Trinajstić information content (AvgIpc) is 3.05. The van der Waals surface area contributed by atoms with Crippen molar-refractivity contribution in [3.05, 3.63) is 46.8 Å². The van der Waals surface area contributed by atoms with Gasteiger partial charge in [-0.05, 0) is 55.3 Å². The molecule has 5 nitrogen and oxygen atoms in total. The summed E-state index contributed by atoms with van der Waals surface area (Å²) >= 11 is 0. The zero-order valence-corrected chi connectivity index (χ0v) is 14.4. The van der Waals surface area contributed by atoms with Crippen LogP contribution in [0.3, 0.4) is 0 Å². The number of alkyl halides is 3. The molecular weight excluding hydrogens is 347 g/mol. The normalized spacial score (nSPS) is 18.2. The molecule has 8 heteroatoms. The van der Waals surface area contributed by atoms with Gasteiger partial charge in [0.25, 0.3) is 5.91 Å². The van der Waals surface area contributed by atoms with Gasteiger partial charge in [0.15, 0.2) is 5.69 Å². The number of carbonyl (C=O) groups excluding carboxylic acids is 1. The van der Waals surface area contributed by atoms with Crippen LogP contribution in [-0.2, 0) is 12.6 Å². The van der Waals surface area contributed by atoms with Gasteiger partial charge in [0.05, 0.1) is 5.56 Å². The number of amides is 1. The molecule has 0 N–H and O–H groups in total. The molecule has 1 aromatic carbocycles. The van der Waals surface area contributed by atoms with Gasteiger partial charge in [-0.25, -0.2) is 4.63 Å². The Morgan fingerprint density at radius 3 is 2.77 bits per heavy atom. The van der Waals surface area contributed by atoms with E-state index in [1.165, 1.54) is 12.1 Å². The van der Waals surface area contributed by atoms with Crippen molar-refractivity contribution < 1.29 is 22.6 Å². The van der Waals surface area contributed by atoms with Gasteiger partial charge in [-0.3, -0.25) is 4.79 Å². The molecule has 1 fully saturated rings. The SMILES string of the molecule is Cc1nonc1C(=O)N1CCC[C@H](CCc2ccccc2C(F)(F)F)C1. The van der Waals surface area contributed by atoms with Crippen molar-refractivity contribution in [2.75, 3.05) is 13.1 Å². The van der Waals surface area contributed by atoms with E-state index in [2.05, 4.69) is 14.9 Å². The fraction of sp³-hybridized carbons (Fsp3) is 0.500. The fourth-order valence-electron chi connectivity index (χ4n) is 3.43. The molecule has 3 rings (SSSR count). The van der Waals surface area contributed by atoms with E-state index in [1.807, 2.05) is 0 Å². The van der Waals surface area contributed by atoms with Crippen LogP contribution in [0.1, 0.15) is 46.6 Å². The molecule has 1 amide bonds. The first-order valence-electron chi connectivity index (χ1n) is 8.60. The number of aromatic nitrogens is 2. The summed E-state index contributed by atoms with van der Waals surface area (Å²) in [6, 6.07) is 5.68. The molecule has 1 aliphatic rings. The van der Waals surface area contributed by atoms with Gasteiger partial charge < -0.3 is 4.90 Å². The van der Waals surface area contributed by atoms with Gasteiger partial charge in [-0.1, -0.05) is 23.4 Å². The molecule has 140 valence electrons. The number of carbonyl (C=O) groups is 1. The van der Waals surface area contributed by atoms with Gasteiger partial charge in [-0.15, -0.1) is 0 Å². The van der Waals surface area contributed by atoms with E-state index in [0.717, 1.165) is 18.9 Å². The molecular formula is C18H20F3N3O2. The molecule has 0 bridgehead atoms. The Bertz CT molecular complexity index is 773. The Morgan fingerprint density at radius 1 is 1.31 bits per heavy atom. The highest BCUT2D eigenvalue weighted by Crippen LogP contribution is 2.33. The number of aryl methyl sites for hydroxylation is 2. The highest BCUT2D eigenvalue weighted by Gasteiger charge is 2.33. The summed E-state index contributed by atoms with van der Waals surface area (Å²) in [6.45, 7) is 2.78. The summed E-state index contributed by atoms with van der Waals surface area (Å²) in [5.41, 5.74) is 0.373. The molecule has 1 saturated heterocycles. The van der Waals surface area contributed by atoms with Gasteiger partial charge in [-0.2, -0.15) is 13.2 Å². The Hall–Kier alpha value is -2.38. The summed E-state index contributed by atoms with van der Waals surface area (Å²) < 4.78 is 43.9. The number of hydrogen-bond acceptors (Lipinski definition) is 4. The van der Waals surface area contributed by atoms with Crippen molar-refractivity contribution in [2.45, 2.75) is 38.8 Å². The number of halogens is 3. The zero-order chi connectivity index (χ0) is 18.7. The van der Waals surface area contributed by atoms with E-state index in [1.54, 1.807) is 17.9 Å². The molecule has 2 heterocycles. The standard InChI is InChI=1S/C18H20F3N3O2/c1-12-16(23-26-22-12)17(25)24-10-4-5-13(11-24)8-9-14-6-2-3-7-15(14)18(19,20)21/h2-3,6-7,13H,4-5,8-11H2,1H3/t13-/m1/s1. The van der Waals surface area contributed by atoms with Crippen LogP contribution in [0.2, 0.25) is 0 Å². The smallest absolute Gasteiger partial charge is 0.337 e. The van der Waals surface area contributed by atoms with Gasteiger partial charge >= 0.3 is 6.18 Å². The average molecular weight is 367 g/mol. The van der Waals surface area contributed by atoms with Crippen LogP contribution in [0.5, 0.6) is 0 Å². The van der Waals surface area contributed by atoms with Crippen LogP contribution in [0.25, 0.3) is 0 Å². The van der Waals surface area contributed by atoms with Gasteiger partial charge in [0.1, 0.15) is 5.69 Å². The monoisotopic (exact) mass is 367 g/mol. The molecule has 0 unspecified atom stereocenters. The zero-order valence-electron chi connectivity index (χ0n) is 14.4. The third-order valence-corrected chi connectivity index (χ3v) is 4.81. The minimum Gasteiger partial charge on any atom is -0.337 e. The van der Waals surface area contributed by atoms with Crippen molar-refractivity contribution in [1.82, 2.24) is 15.2 Å². The predicted molar refractivity (Wildman–Crippen MR) is 87.4 cm³/mol. The van der Waals surface area contributed by atoms with Crippen molar-refractivity contribution in [3.8, 4) is 0 Å². The maximum Gasteiger partial charge on any atom is 0.416 e. The summed E-state index contributed by atoms with van der Waals surface area (Å²) in [4.78, 5) is 14.2. The molecule has 0 radical (unpaired) electrons. The molecule has 1 aromatic heterocycles. The van der Waals surface area contributed by atoms with Crippen molar-refractivity contribution in [2.24, 2.45) is 5.92 Å². The number of hydrogen-bond donors (Lipinski definition) is 0. The van der Waals surface area contributed by atoms with Crippen LogP contribution in [0.15, 0.2) is 28.9 Å². The minimum atomic E-state index is -4.34. The lowest BCUT2D eigenvalue weighted by Crippen LogP contribution is -2.40. The van der Waals surface area contributed by atoms with Crippen molar-refractivity contribution in [1.29, 1.82) is 0 Å². The van der Waals surface area contributed by atoms with E-state index in [0.29, 0.717) is 37.2 Å². The van der Waals surface area contributed by atoms with Gasteiger partial charge in [0, 0.05) is 13.1 Å². The van der Waals surface area contributed by atoms with E-state index in [-0.39, 0.29) is 17.5 Å². The number of rotatable bonds is 4. The quantitative estimate of drug-likeness (QED) is 0.823. The van der Waals surface area contributed by atoms with E-state index in [9.17, 15) is 18.0 Å². The van der Waals surface area contributed by atoms with E-state index >= 15 is 0 Å². The number of nitrogens with zero attached hydrogens (tertiary/aromatic N) is 3. The first-order chi connectivity index (χ1) is 12.4. The maximum atomic E-state index is 13.1. The highest BCUT2D eigenvalue weighted by atomic mass is 19.4. The number of likely N-dealkylation sites (tertiary alicyclic amines) is 1. The first kappa shape index (κ1) is 18.4. The molecule has 1 aliphatic heterocycles. The fourth-order valence-corrected chi connectivity index (χ4v) is 3.43. The number of benzene rings is 1. The lowest BCUT2D eigenvalue weighted by Gasteiger charge is -2.32. The lowest BCUT2D eigenvalue weighted by atomic mass is 9.90. The molecule has 2 aromatic rings. The summed E-state index contributed by atoms with van der Waals surface area (Å²) in [7, 11) is 0. The minimum absolute atomic E-state index is 0.161. The lowest BCUT2D eigenvalue weighted by molar-refractivity contribution is -0.138. The van der Waals surface area contributed by atoms with E-state index in [4.69, 9.17) is 0 Å². The topological polar surface area (TPSA) is 59.2 Å². The van der Waals surface area contributed by atoms with Crippen LogP contribution in [0, 0.1) is 12.8 Å². The molecule has 0 spiro atoms. The summed E-state index contributed by atoms with van der Waals surface area (Å²) in [5.74, 6) is -0.0710. The second-order valence-electron chi connectivity index (χ2n) is 6.65. The molecule has 0 aliphatic carbocycles. The third kappa shape index (κ3) is 4.05. The third-order valence-electron chi connectivity index (χ3n) is 4.81. The van der Waals surface area contributed by atoms with Crippen LogP contribution >= 0.6 is 0 Å². The predicted octanol–water partition coefficient (Wildman–Crippen LogP) is 3.88.